The lowest BCUT2D eigenvalue weighted by Gasteiger charge is -2.11. The minimum atomic E-state index is -0.555. The maximum absolute atomic E-state index is 14.6. The van der Waals surface area contributed by atoms with E-state index in [1.54, 1.807) is 30.5 Å². The number of nitriles is 1. The molecule has 0 spiro atoms. The Bertz CT molecular complexity index is 1080. The summed E-state index contributed by atoms with van der Waals surface area (Å²) >= 11 is 0. The molecule has 6 nitrogen and oxygen atoms in total. The largest absolute Gasteiger partial charge is 0.461 e. The molecule has 0 unspecified atom stereocenters. The first-order valence-corrected chi connectivity index (χ1v) is 8.65. The van der Waals surface area contributed by atoms with Gasteiger partial charge in [-0.05, 0) is 38.0 Å². The van der Waals surface area contributed by atoms with Crippen molar-refractivity contribution >= 4 is 11.6 Å². The molecule has 0 saturated carbocycles. The molecule has 2 heterocycles. The minimum Gasteiger partial charge on any atom is -0.461 e. The van der Waals surface area contributed by atoms with Gasteiger partial charge in [-0.3, -0.25) is 0 Å². The van der Waals surface area contributed by atoms with Crippen LogP contribution in [-0.4, -0.2) is 27.2 Å². The van der Waals surface area contributed by atoms with E-state index >= 15 is 0 Å². The Hall–Kier alpha value is -3.27. The van der Waals surface area contributed by atoms with Gasteiger partial charge in [-0.2, -0.15) is 10.4 Å². The van der Waals surface area contributed by atoms with Gasteiger partial charge >= 0.3 is 5.97 Å². The van der Waals surface area contributed by atoms with E-state index in [1.807, 2.05) is 19.9 Å². The summed E-state index contributed by atoms with van der Waals surface area (Å²) < 4.78 is 21.3. The van der Waals surface area contributed by atoms with Crippen molar-refractivity contribution < 1.29 is 13.9 Å². The lowest BCUT2D eigenvalue weighted by atomic mass is 9.99. The van der Waals surface area contributed by atoms with E-state index in [1.165, 1.54) is 12.1 Å². The number of nitrogens with zero attached hydrogens (tertiary/aromatic N) is 4. The number of ether oxygens (including phenoxy) is 1. The fourth-order valence-corrected chi connectivity index (χ4v) is 3.03. The first-order chi connectivity index (χ1) is 12.9. The Labute approximate surface area is 156 Å². The van der Waals surface area contributed by atoms with Crippen LogP contribution in [0.4, 0.5) is 4.39 Å². The van der Waals surface area contributed by atoms with E-state index in [2.05, 4.69) is 10.1 Å². The van der Waals surface area contributed by atoms with Crippen LogP contribution in [0.3, 0.4) is 0 Å². The van der Waals surface area contributed by atoms with Crippen LogP contribution < -0.4 is 0 Å². The Morgan fingerprint density at radius 3 is 2.74 bits per heavy atom. The monoisotopic (exact) mass is 366 g/mol. The zero-order chi connectivity index (χ0) is 19.7. The number of carbonyl (C=O) groups excluding carboxylic acids is 1. The summed E-state index contributed by atoms with van der Waals surface area (Å²) in [6, 6.07) is 7.97. The maximum atomic E-state index is 14.6. The van der Waals surface area contributed by atoms with Gasteiger partial charge in [0.25, 0.3) is 0 Å². The molecule has 0 aliphatic heterocycles. The number of benzene rings is 1. The number of carbonyl (C=O) groups is 1. The molecule has 0 fully saturated rings. The first kappa shape index (κ1) is 18.5. The maximum Gasteiger partial charge on any atom is 0.357 e. The van der Waals surface area contributed by atoms with E-state index in [0.717, 1.165) is 5.69 Å². The summed E-state index contributed by atoms with van der Waals surface area (Å²) in [5.41, 5.74) is 2.43. The van der Waals surface area contributed by atoms with Crippen molar-refractivity contribution in [1.29, 1.82) is 5.26 Å². The standard InChI is InChI=1S/C20H19FN4O2/c1-5-27-20(26)15-9-16(11(2)3)25-19(23-15)17(12(4)24-25)18-13(10-22)7-6-8-14(18)21/h6-9,11H,5H2,1-4H3. The number of esters is 1. The van der Waals surface area contributed by atoms with Crippen molar-refractivity contribution in [3.63, 3.8) is 0 Å². The van der Waals surface area contributed by atoms with Gasteiger partial charge in [0.15, 0.2) is 11.3 Å². The molecule has 0 aliphatic carbocycles. The van der Waals surface area contributed by atoms with Crippen molar-refractivity contribution in [2.24, 2.45) is 0 Å². The Balaban J connectivity index is 2.41. The molecule has 0 saturated heterocycles. The lowest BCUT2D eigenvalue weighted by molar-refractivity contribution is 0.0519. The fraction of sp³-hybridized carbons (Fsp3) is 0.300. The molecule has 7 heteroatoms. The van der Waals surface area contributed by atoms with Crippen molar-refractivity contribution in [2.45, 2.75) is 33.6 Å². The predicted molar refractivity (Wildman–Crippen MR) is 97.9 cm³/mol. The number of fused-ring (bicyclic) bond motifs is 1. The van der Waals surface area contributed by atoms with E-state index in [-0.39, 0.29) is 29.3 Å². The van der Waals surface area contributed by atoms with Crippen LogP contribution in [0.15, 0.2) is 24.3 Å². The van der Waals surface area contributed by atoms with E-state index in [4.69, 9.17) is 4.74 Å². The van der Waals surface area contributed by atoms with E-state index in [9.17, 15) is 14.4 Å². The zero-order valence-electron chi connectivity index (χ0n) is 15.6. The van der Waals surface area contributed by atoms with Gasteiger partial charge in [-0.25, -0.2) is 18.7 Å². The fourth-order valence-electron chi connectivity index (χ4n) is 3.03. The summed E-state index contributed by atoms with van der Waals surface area (Å²) in [6.45, 7) is 7.59. The van der Waals surface area contributed by atoms with E-state index < -0.39 is 11.8 Å². The van der Waals surface area contributed by atoms with Crippen LogP contribution in [0.25, 0.3) is 16.8 Å². The second kappa shape index (κ2) is 7.16. The Kier molecular flexibility index (Phi) is 4.91. The van der Waals surface area contributed by atoms with Crippen LogP contribution in [0.2, 0.25) is 0 Å². The number of aromatic nitrogens is 3. The average Bonchev–Trinajstić information content (AvgIpc) is 2.96. The molecule has 0 bridgehead atoms. The molecule has 3 aromatic rings. The molecule has 0 N–H and O–H groups in total. The summed E-state index contributed by atoms with van der Waals surface area (Å²) in [7, 11) is 0. The highest BCUT2D eigenvalue weighted by atomic mass is 19.1. The van der Waals surface area contributed by atoms with Crippen molar-refractivity contribution in [3.8, 4) is 17.2 Å². The summed E-state index contributed by atoms with van der Waals surface area (Å²) in [4.78, 5) is 16.7. The van der Waals surface area contributed by atoms with Crippen molar-refractivity contribution in [1.82, 2.24) is 14.6 Å². The Morgan fingerprint density at radius 2 is 2.11 bits per heavy atom. The Morgan fingerprint density at radius 1 is 1.37 bits per heavy atom. The molecule has 0 aliphatic rings. The van der Waals surface area contributed by atoms with Crippen LogP contribution >= 0.6 is 0 Å². The number of halogens is 1. The van der Waals surface area contributed by atoms with Crippen LogP contribution in [0.1, 0.15) is 54.1 Å². The van der Waals surface area contributed by atoms with Crippen molar-refractivity contribution in [3.05, 3.63) is 52.7 Å². The molecular weight excluding hydrogens is 347 g/mol. The average molecular weight is 366 g/mol. The highest BCUT2D eigenvalue weighted by Gasteiger charge is 2.24. The first-order valence-electron chi connectivity index (χ1n) is 8.65. The number of rotatable bonds is 4. The molecule has 27 heavy (non-hydrogen) atoms. The predicted octanol–water partition coefficient (Wildman–Crippen LogP) is 4.02. The SMILES string of the molecule is CCOC(=O)c1cc(C(C)C)n2nc(C)c(-c3c(F)cccc3C#N)c2n1. The van der Waals surface area contributed by atoms with Crippen LogP contribution in [-0.2, 0) is 4.74 Å². The zero-order valence-corrected chi connectivity index (χ0v) is 15.6. The van der Waals surface area contributed by atoms with Crippen LogP contribution in [0, 0.1) is 24.1 Å². The third-order valence-electron chi connectivity index (χ3n) is 4.25. The van der Waals surface area contributed by atoms with E-state index in [0.29, 0.717) is 16.9 Å². The van der Waals surface area contributed by atoms with Crippen LogP contribution in [0.5, 0.6) is 0 Å². The quantitative estimate of drug-likeness (QED) is 0.652. The normalized spacial score (nSPS) is 11.0. The molecule has 0 radical (unpaired) electrons. The molecule has 2 aromatic heterocycles. The topological polar surface area (TPSA) is 80.3 Å². The number of hydrogen-bond acceptors (Lipinski definition) is 5. The second-order valence-electron chi connectivity index (χ2n) is 6.41. The highest BCUT2D eigenvalue weighted by molar-refractivity contribution is 5.90. The highest BCUT2D eigenvalue weighted by Crippen LogP contribution is 2.33. The molecule has 0 atom stereocenters. The molecule has 3 rings (SSSR count). The van der Waals surface area contributed by atoms with Gasteiger partial charge in [0, 0.05) is 11.3 Å². The summed E-state index contributed by atoms with van der Waals surface area (Å²) in [6.07, 6.45) is 0. The molecule has 1 aromatic carbocycles. The molecule has 0 amide bonds. The molecular formula is C20H19FN4O2. The summed E-state index contributed by atoms with van der Waals surface area (Å²) in [5.74, 6) is -1.06. The van der Waals surface area contributed by atoms with Gasteiger partial charge in [0.05, 0.1) is 29.5 Å². The smallest absolute Gasteiger partial charge is 0.357 e. The van der Waals surface area contributed by atoms with Gasteiger partial charge in [0.1, 0.15) is 5.82 Å². The van der Waals surface area contributed by atoms with Gasteiger partial charge in [0.2, 0.25) is 0 Å². The van der Waals surface area contributed by atoms with Crippen molar-refractivity contribution in [2.75, 3.05) is 6.61 Å². The summed E-state index contributed by atoms with van der Waals surface area (Å²) in [5, 5.41) is 13.9. The lowest BCUT2D eigenvalue weighted by Crippen LogP contribution is -2.12. The number of hydrogen-bond donors (Lipinski definition) is 0. The minimum absolute atomic E-state index is 0.0342. The van der Waals surface area contributed by atoms with Gasteiger partial charge < -0.3 is 4.74 Å². The van der Waals surface area contributed by atoms with Gasteiger partial charge in [-0.15, -0.1) is 0 Å². The third-order valence-corrected chi connectivity index (χ3v) is 4.25. The van der Waals surface area contributed by atoms with Gasteiger partial charge in [-0.1, -0.05) is 19.9 Å². The second-order valence-corrected chi connectivity index (χ2v) is 6.41. The molecule has 138 valence electrons. The third kappa shape index (κ3) is 3.14. The number of aryl methyl sites for hydroxylation is 1.